The zero-order valence-electron chi connectivity index (χ0n) is 12.0. The first-order valence-corrected chi connectivity index (χ1v) is 8.27. The van der Waals surface area contributed by atoms with Crippen molar-refractivity contribution in [2.45, 2.75) is 13.0 Å². The quantitative estimate of drug-likeness (QED) is 0.839. The lowest BCUT2D eigenvalue weighted by atomic mass is 10.2. The van der Waals surface area contributed by atoms with Gasteiger partial charge in [-0.2, -0.15) is 11.8 Å². The largest absolute Gasteiger partial charge is 0.326 e. The summed E-state index contributed by atoms with van der Waals surface area (Å²) < 4.78 is 0. The minimum atomic E-state index is 0.0610. The van der Waals surface area contributed by atoms with Gasteiger partial charge in [0.2, 0.25) is 5.91 Å². The molecule has 0 radical (unpaired) electrons. The Bertz CT molecular complexity index is 433. The third kappa shape index (κ3) is 5.15. The Kier molecular flexibility index (Phi) is 6.36. The summed E-state index contributed by atoms with van der Waals surface area (Å²) >= 11 is 2.02. The van der Waals surface area contributed by atoms with Crippen LogP contribution in [-0.2, 0) is 11.3 Å². The molecule has 1 aromatic rings. The zero-order chi connectivity index (χ0) is 14.2. The van der Waals surface area contributed by atoms with E-state index in [0.29, 0.717) is 13.0 Å². The molecule has 1 aliphatic rings. The number of rotatable bonds is 6. The van der Waals surface area contributed by atoms with Crippen molar-refractivity contribution in [2.75, 3.05) is 43.5 Å². The second-order valence-corrected chi connectivity index (χ2v) is 6.22. The van der Waals surface area contributed by atoms with Gasteiger partial charge in [0.05, 0.1) is 0 Å². The van der Waals surface area contributed by atoms with E-state index in [1.54, 1.807) is 0 Å². The van der Waals surface area contributed by atoms with Crippen LogP contribution in [0.4, 0.5) is 5.69 Å². The van der Waals surface area contributed by atoms with Gasteiger partial charge < -0.3 is 10.6 Å². The van der Waals surface area contributed by atoms with Crippen LogP contribution in [0.1, 0.15) is 12.0 Å². The maximum Gasteiger partial charge on any atom is 0.225 e. The summed E-state index contributed by atoms with van der Waals surface area (Å²) in [6.07, 6.45) is 0.504. The highest BCUT2D eigenvalue weighted by Crippen LogP contribution is 2.16. The Balaban J connectivity index is 1.88. The van der Waals surface area contributed by atoms with Crippen LogP contribution in [-0.4, -0.2) is 49.0 Å². The van der Waals surface area contributed by atoms with Gasteiger partial charge in [-0.25, -0.2) is 0 Å². The average molecular weight is 293 g/mol. The van der Waals surface area contributed by atoms with Crippen molar-refractivity contribution in [3.63, 3.8) is 0 Å². The third-order valence-electron chi connectivity index (χ3n) is 3.32. The van der Waals surface area contributed by atoms with Crippen LogP contribution in [0.3, 0.4) is 0 Å². The van der Waals surface area contributed by atoms with Crippen LogP contribution in [0.25, 0.3) is 0 Å². The number of hydrogen-bond acceptors (Lipinski definition) is 4. The van der Waals surface area contributed by atoms with Gasteiger partial charge in [-0.3, -0.25) is 9.69 Å². The highest BCUT2D eigenvalue weighted by atomic mass is 32.2. The van der Waals surface area contributed by atoms with Gasteiger partial charge in [0.1, 0.15) is 0 Å². The molecule has 0 saturated carbocycles. The number of benzene rings is 1. The predicted molar refractivity (Wildman–Crippen MR) is 86.2 cm³/mol. The van der Waals surface area contributed by atoms with E-state index in [1.807, 2.05) is 30.9 Å². The molecule has 0 unspecified atom stereocenters. The molecule has 0 aromatic heterocycles. The van der Waals surface area contributed by atoms with Crippen LogP contribution >= 0.6 is 11.8 Å². The van der Waals surface area contributed by atoms with E-state index in [9.17, 15) is 4.79 Å². The number of nitrogens with zero attached hydrogens (tertiary/aromatic N) is 1. The highest BCUT2D eigenvalue weighted by molar-refractivity contribution is 7.99. The van der Waals surface area contributed by atoms with E-state index in [4.69, 9.17) is 0 Å². The van der Waals surface area contributed by atoms with Crippen LogP contribution in [0.15, 0.2) is 24.3 Å². The summed E-state index contributed by atoms with van der Waals surface area (Å²) in [5.41, 5.74) is 2.17. The Labute approximate surface area is 125 Å². The fourth-order valence-electron chi connectivity index (χ4n) is 2.23. The van der Waals surface area contributed by atoms with Gasteiger partial charge in [0, 0.05) is 49.8 Å². The van der Waals surface area contributed by atoms with E-state index < -0.39 is 0 Å². The summed E-state index contributed by atoms with van der Waals surface area (Å²) in [7, 11) is 1.85. The number of amides is 1. The van der Waals surface area contributed by atoms with Crippen LogP contribution in [0, 0.1) is 0 Å². The Morgan fingerprint density at radius 2 is 2.15 bits per heavy atom. The lowest BCUT2D eigenvalue weighted by molar-refractivity contribution is -0.116. The van der Waals surface area contributed by atoms with Crippen LogP contribution in [0.5, 0.6) is 0 Å². The van der Waals surface area contributed by atoms with Crippen LogP contribution < -0.4 is 10.6 Å². The number of carbonyl (C=O) groups excluding carboxylic acids is 1. The lowest BCUT2D eigenvalue weighted by Crippen LogP contribution is -2.31. The van der Waals surface area contributed by atoms with E-state index in [2.05, 4.69) is 27.7 Å². The van der Waals surface area contributed by atoms with Crippen molar-refractivity contribution in [3.05, 3.63) is 29.8 Å². The van der Waals surface area contributed by atoms with Crippen molar-refractivity contribution in [1.82, 2.24) is 10.2 Å². The van der Waals surface area contributed by atoms with E-state index in [1.165, 1.54) is 17.1 Å². The number of nitrogens with one attached hydrogen (secondary N) is 2. The number of thioether (sulfide) groups is 1. The molecule has 0 aliphatic carbocycles. The predicted octanol–water partition coefficient (Wildman–Crippen LogP) is 1.78. The number of carbonyl (C=O) groups is 1. The first-order chi connectivity index (χ1) is 9.78. The topological polar surface area (TPSA) is 44.4 Å². The van der Waals surface area contributed by atoms with Gasteiger partial charge in [-0.1, -0.05) is 12.1 Å². The normalized spacial score (nSPS) is 16.1. The molecule has 4 nitrogen and oxygen atoms in total. The standard InChI is InChI=1S/C15H23N3OS/c1-16-6-5-15(19)17-14-4-2-3-13(11-14)12-18-7-9-20-10-8-18/h2-4,11,16H,5-10,12H2,1H3,(H,17,19). The molecule has 1 saturated heterocycles. The van der Waals surface area contributed by atoms with Crippen molar-refractivity contribution >= 4 is 23.4 Å². The summed E-state index contributed by atoms with van der Waals surface area (Å²) in [5, 5.41) is 5.93. The molecule has 1 aliphatic heterocycles. The molecule has 5 heteroatoms. The Morgan fingerprint density at radius 1 is 1.35 bits per heavy atom. The van der Waals surface area contributed by atoms with Crippen molar-refractivity contribution in [1.29, 1.82) is 0 Å². The first kappa shape index (κ1) is 15.4. The summed E-state index contributed by atoms with van der Waals surface area (Å²) in [5.74, 6) is 2.51. The van der Waals surface area contributed by atoms with Crippen molar-refractivity contribution in [3.8, 4) is 0 Å². The van der Waals surface area contributed by atoms with E-state index in [0.717, 1.165) is 25.3 Å². The maximum absolute atomic E-state index is 11.7. The third-order valence-corrected chi connectivity index (χ3v) is 4.27. The molecule has 1 aromatic carbocycles. The number of anilines is 1. The molecule has 2 N–H and O–H groups in total. The van der Waals surface area contributed by atoms with Crippen molar-refractivity contribution < 1.29 is 4.79 Å². The Morgan fingerprint density at radius 3 is 2.90 bits per heavy atom. The molecule has 1 amide bonds. The fraction of sp³-hybridized carbons (Fsp3) is 0.533. The molecule has 0 atom stereocenters. The summed E-state index contributed by atoms with van der Waals surface area (Å²) in [6, 6.07) is 8.18. The van der Waals surface area contributed by atoms with Crippen LogP contribution in [0.2, 0.25) is 0 Å². The minimum absolute atomic E-state index is 0.0610. The highest BCUT2D eigenvalue weighted by Gasteiger charge is 2.11. The first-order valence-electron chi connectivity index (χ1n) is 7.11. The second kappa shape index (κ2) is 8.29. The van der Waals surface area contributed by atoms with Gasteiger partial charge in [-0.05, 0) is 24.7 Å². The van der Waals surface area contributed by atoms with E-state index >= 15 is 0 Å². The second-order valence-electron chi connectivity index (χ2n) is 4.99. The molecule has 1 fully saturated rings. The molecular weight excluding hydrogens is 270 g/mol. The van der Waals surface area contributed by atoms with Gasteiger partial charge in [0.25, 0.3) is 0 Å². The fourth-order valence-corrected chi connectivity index (χ4v) is 3.21. The smallest absolute Gasteiger partial charge is 0.225 e. The summed E-state index contributed by atoms with van der Waals surface area (Å²) in [6.45, 7) is 3.99. The number of hydrogen-bond donors (Lipinski definition) is 2. The molecule has 0 spiro atoms. The maximum atomic E-state index is 11.7. The lowest BCUT2D eigenvalue weighted by Gasteiger charge is -2.26. The molecular formula is C15H23N3OS. The monoisotopic (exact) mass is 293 g/mol. The van der Waals surface area contributed by atoms with E-state index in [-0.39, 0.29) is 5.91 Å². The zero-order valence-corrected chi connectivity index (χ0v) is 12.8. The molecule has 110 valence electrons. The van der Waals surface area contributed by atoms with Gasteiger partial charge >= 0.3 is 0 Å². The molecule has 1 heterocycles. The molecule has 20 heavy (non-hydrogen) atoms. The average Bonchev–Trinajstić information content (AvgIpc) is 2.46. The summed E-state index contributed by atoms with van der Waals surface area (Å²) in [4.78, 5) is 14.2. The Hall–Kier alpha value is -1.04. The molecule has 2 rings (SSSR count). The molecule has 0 bridgehead atoms. The minimum Gasteiger partial charge on any atom is -0.326 e. The SMILES string of the molecule is CNCCC(=O)Nc1cccc(CN2CCSCC2)c1. The van der Waals surface area contributed by atoms with Gasteiger partial charge in [0.15, 0.2) is 0 Å². The van der Waals surface area contributed by atoms with Crippen molar-refractivity contribution in [2.24, 2.45) is 0 Å². The van der Waals surface area contributed by atoms with Gasteiger partial charge in [-0.15, -0.1) is 0 Å².